The number of hydrogen-bond acceptors (Lipinski definition) is 3. The third-order valence-corrected chi connectivity index (χ3v) is 2.54. The molecule has 5 heteroatoms. The first-order valence-corrected chi connectivity index (χ1v) is 6.31. The van der Waals surface area contributed by atoms with Crippen LogP contribution in [0.15, 0.2) is 0 Å². The van der Waals surface area contributed by atoms with E-state index in [-0.39, 0.29) is 0 Å². The molecule has 1 unspecified atom stereocenters. The Morgan fingerprint density at radius 1 is 1.21 bits per heavy atom. The van der Waals surface area contributed by atoms with Crippen LogP contribution in [0.25, 0.3) is 0 Å². The Morgan fingerprint density at radius 2 is 1.79 bits per heavy atom. The molecule has 0 amide bonds. The largest absolute Gasteiger partial charge is 0.759 e. The molecule has 14 heavy (non-hydrogen) atoms. The summed E-state index contributed by atoms with van der Waals surface area (Å²) < 4.78 is 20.5. The normalized spacial score (nSPS) is 13.4. The summed E-state index contributed by atoms with van der Waals surface area (Å²) in [7, 11) is 1.74. The molecule has 1 N–H and O–H groups in total. The van der Waals surface area contributed by atoms with Crippen LogP contribution < -0.4 is 4.83 Å². The molecule has 0 spiro atoms. The molecule has 0 fully saturated rings. The van der Waals surface area contributed by atoms with Crippen molar-refractivity contribution in [2.24, 2.45) is 0 Å². The number of rotatable bonds is 9. The zero-order valence-electron chi connectivity index (χ0n) is 9.12. The Labute approximate surface area is 89.5 Å². The summed E-state index contributed by atoms with van der Waals surface area (Å²) in [6.45, 7) is 2.97. The van der Waals surface area contributed by atoms with Crippen molar-refractivity contribution in [1.82, 2.24) is 9.84 Å². The second-order valence-electron chi connectivity index (χ2n) is 3.52. The Kier molecular flexibility index (Phi) is 9.60. The molecule has 1 atom stereocenters. The molecule has 0 aromatic carbocycles. The van der Waals surface area contributed by atoms with E-state index < -0.39 is 11.3 Å². The molecule has 0 heterocycles. The molecule has 0 bridgehead atoms. The lowest BCUT2D eigenvalue weighted by atomic mass is 10.1. The molecule has 0 aliphatic carbocycles. The van der Waals surface area contributed by atoms with E-state index in [0.29, 0.717) is 0 Å². The highest BCUT2D eigenvalue weighted by atomic mass is 32.2. The molecule has 86 valence electrons. The number of unbranched alkanes of at least 4 members (excludes halogenated alkanes) is 5. The van der Waals surface area contributed by atoms with Crippen LogP contribution in [-0.4, -0.2) is 27.4 Å². The number of hydrogen-bond donors (Lipinski definition) is 1. The maximum absolute atomic E-state index is 10.2. The third-order valence-electron chi connectivity index (χ3n) is 2.08. The van der Waals surface area contributed by atoms with Crippen molar-refractivity contribution in [3.8, 4) is 0 Å². The minimum atomic E-state index is -2.18. The zero-order valence-corrected chi connectivity index (χ0v) is 9.94. The molecule has 0 aromatic rings. The minimum absolute atomic E-state index is 0.778. The van der Waals surface area contributed by atoms with Crippen LogP contribution in [0.5, 0.6) is 0 Å². The van der Waals surface area contributed by atoms with Crippen molar-refractivity contribution in [2.75, 3.05) is 13.6 Å². The third kappa shape index (κ3) is 10.1. The van der Waals surface area contributed by atoms with Gasteiger partial charge in [0.2, 0.25) is 0 Å². The van der Waals surface area contributed by atoms with Gasteiger partial charge in [-0.15, -0.1) is 0 Å². The highest BCUT2D eigenvalue weighted by Gasteiger charge is 1.96. The van der Waals surface area contributed by atoms with Gasteiger partial charge >= 0.3 is 0 Å². The molecule has 0 rings (SSSR count). The fourth-order valence-corrected chi connectivity index (χ4v) is 1.65. The van der Waals surface area contributed by atoms with Gasteiger partial charge in [-0.2, -0.15) is 4.83 Å². The lowest BCUT2D eigenvalue weighted by molar-refractivity contribution is 0.284. The average molecular weight is 221 g/mol. The van der Waals surface area contributed by atoms with Crippen molar-refractivity contribution in [3.05, 3.63) is 0 Å². The van der Waals surface area contributed by atoms with Crippen LogP contribution in [0, 0.1) is 0 Å². The van der Waals surface area contributed by atoms with E-state index in [2.05, 4.69) is 11.8 Å². The fourth-order valence-electron chi connectivity index (χ4n) is 1.30. The quantitative estimate of drug-likeness (QED) is 0.365. The average Bonchev–Trinajstić information content (AvgIpc) is 2.10. The van der Waals surface area contributed by atoms with E-state index in [1.807, 2.05) is 0 Å². The van der Waals surface area contributed by atoms with Gasteiger partial charge in [0.25, 0.3) is 0 Å². The van der Waals surface area contributed by atoms with Crippen LogP contribution in [0.3, 0.4) is 0 Å². The van der Waals surface area contributed by atoms with Gasteiger partial charge in [0.1, 0.15) is 0 Å². The predicted molar refractivity (Wildman–Crippen MR) is 58.1 cm³/mol. The van der Waals surface area contributed by atoms with E-state index in [9.17, 15) is 8.76 Å². The summed E-state index contributed by atoms with van der Waals surface area (Å²) in [5, 5.41) is 1.60. The first kappa shape index (κ1) is 14.0. The smallest absolute Gasteiger partial charge is 0.0326 e. The maximum atomic E-state index is 10.2. The number of hydrazine groups is 1. The Bertz CT molecular complexity index is 156. The predicted octanol–water partition coefficient (Wildman–Crippen LogP) is 1.58. The van der Waals surface area contributed by atoms with Gasteiger partial charge in [0, 0.05) is 24.9 Å². The number of nitrogens with one attached hydrogen (secondary N) is 1. The molecular formula is C9H21N2O2S-. The monoisotopic (exact) mass is 221 g/mol. The molecule has 0 aliphatic heterocycles. The molecule has 0 radical (unpaired) electrons. The van der Waals surface area contributed by atoms with E-state index in [1.54, 1.807) is 12.1 Å². The summed E-state index contributed by atoms with van der Waals surface area (Å²) >= 11 is -2.18. The summed E-state index contributed by atoms with van der Waals surface area (Å²) in [5.74, 6) is 0. The minimum Gasteiger partial charge on any atom is -0.759 e. The number of nitrogens with zero attached hydrogens (tertiary/aromatic N) is 1. The Hall–Kier alpha value is 0.0300. The second-order valence-corrected chi connectivity index (χ2v) is 4.17. The Balaban J connectivity index is 3.14. The summed E-state index contributed by atoms with van der Waals surface area (Å²) in [6.07, 6.45) is 7.33. The molecule has 4 nitrogen and oxygen atoms in total. The molecule has 0 aromatic heterocycles. The van der Waals surface area contributed by atoms with Crippen molar-refractivity contribution < 1.29 is 8.76 Å². The molecule has 0 aliphatic rings. The van der Waals surface area contributed by atoms with Gasteiger partial charge in [-0.05, 0) is 6.42 Å². The zero-order chi connectivity index (χ0) is 10.8. The van der Waals surface area contributed by atoms with Gasteiger partial charge in [0.15, 0.2) is 0 Å². The van der Waals surface area contributed by atoms with Crippen LogP contribution in [-0.2, 0) is 11.3 Å². The van der Waals surface area contributed by atoms with Crippen LogP contribution in [0.1, 0.15) is 45.4 Å². The Morgan fingerprint density at radius 3 is 2.36 bits per heavy atom. The first-order chi connectivity index (χ1) is 6.66. The SMILES string of the molecule is CCCCCCCCN(C)NS(=O)[O-]. The molecular weight excluding hydrogens is 200 g/mol. The van der Waals surface area contributed by atoms with E-state index in [4.69, 9.17) is 0 Å². The topological polar surface area (TPSA) is 55.4 Å². The van der Waals surface area contributed by atoms with Gasteiger partial charge in [-0.25, -0.2) is 5.01 Å². The molecule has 0 saturated heterocycles. The standard InChI is InChI=1S/C9H22N2O2S/c1-3-4-5-6-7-8-9-11(2)10-14(12)13/h10H,3-9H2,1-2H3,(H,12,13)/p-1. The van der Waals surface area contributed by atoms with Crippen molar-refractivity contribution in [1.29, 1.82) is 0 Å². The fraction of sp³-hybridized carbons (Fsp3) is 1.00. The highest BCUT2D eigenvalue weighted by molar-refractivity contribution is 7.76. The molecule has 0 saturated carbocycles. The van der Waals surface area contributed by atoms with Crippen LogP contribution in [0.4, 0.5) is 0 Å². The van der Waals surface area contributed by atoms with Crippen LogP contribution in [0.2, 0.25) is 0 Å². The van der Waals surface area contributed by atoms with Gasteiger partial charge in [-0.3, -0.25) is 4.21 Å². The van der Waals surface area contributed by atoms with Crippen molar-refractivity contribution in [3.63, 3.8) is 0 Å². The van der Waals surface area contributed by atoms with Crippen molar-refractivity contribution in [2.45, 2.75) is 45.4 Å². The van der Waals surface area contributed by atoms with Crippen molar-refractivity contribution >= 4 is 11.3 Å². The summed E-state index contributed by atoms with van der Waals surface area (Å²) in [5.41, 5.74) is 0. The summed E-state index contributed by atoms with van der Waals surface area (Å²) in [6, 6.07) is 0. The second kappa shape index (κ2) is 9.58. The first-order valence-electron chi connectivity index (χ1n) is 5.23. The maximum Gasteiger partial charge on any atom is 0.0326 e. The van der Waals surface area contributed by atoms with Crippen LogP contribution >= 0.6 is 0 Å². The van der Waals surface area contributed by atoms with E-state index in [1.165, 1.54) is 32.1 Å². The lowest BCUT2D eigenvalue weighted by Crippen LogP contribution is -2.36. The van der Waals surface area contributed by atoms with E-state index in [0.717, 1.165) is 13.0 Å². The van der Waals surface area contributed by atoms with Gasteiger partial charge in [-0.1, -0.05) is 39.0 Å². The lowest BCUT2D eigenvalue weighted by Gasteiger charge is -2.18. The van der Waals surface area contributed by atoms with Gasteiger partial charge in [0.05, 0.1) is 0 Å². The van der Waals surface area contributed by atoms with Gasteiger partial charge < -0.3 is 4.55 Å². The highest BCUT2D eigenvalue weighted by Crippen LogP contribution is 2.04. The summed E-state index contributed by atoms with van der Waals surface area (Å²) in [4.78, 5) is 2.29. The van der Waals surface area contributed by atoms with E-state index >= 15 is 0 Å².